The van der Waals surface area contributed by atoms with Crippen LogP contribution in [0.2, 0.25) is 5.02 Å². The van der Waals surface area contributed by atoms with Crippen LogP contribution in [0.5, 0.6) is 11.5 Å². The predicted molar refractivity (Wildman–Crippen MR) is 73.7 cm³/mol. The Labute approximate surface area is 115 Å². The molecule has 0 saturated heterocycles. The summed E-state index contributed by atoms with van der Waals surface area (Å²) >= 11 is 5.86. The van der Waals surface area contributed by atoms with Gasteiger partial charge in [0, 0.05) is 5.02 Å². The molecule has 2 N–H and O–H groups in total. The number of hydrogen-bond acceptors (Lipinski definition) is 4. The topological polar surface area (TPSA) is 61.5 Å². The van der Waals surface area contributed by atoms with Crippen molar-refractivity contribution in [1.82, 2.24) is 0 Å². The number of hydrogen-bond donors (Lipinski definition) is 1. The normalized spacial score (nSPS) is 10.0. The van der Waals surface area contributed by atoms with Crippen LogP contribution in [-0.4, -0.2) is 13.1 Å². The number of nitrogen functional groups attached to an aromatic ring is 1. The minimum atomic E-state index is -0.444. The molecule has 0 radical (unpaired) electrons. The van der Waals surface area contributed by atoms with E-state index in [4.69, 9.17) is 22.1 Å². The highest BCUT2D eigenvalue weighted by Gasteiger charge is 2.09. The quantitative estimate of drug-likeness (QED) is 0.689. The maximum atomic E-state index is 11.3. The number of methoxy groups -OCH3 is 1. The third-order valence-corrected chi connectivity index (χ3v) is 2.69. The zero-order valence-electron chi connectivity index (χ0n) is 10.2. The Morgan fingerprint density at radius 2 is 2.00 bits per heavy atom. The molecule has 0 aromatic heterocycles. The van der Waals surface area contributed by atoms with Gasteiger partial charge in [0.05, 0.1) is 18.4 Å². The van der Waals surface area contributed by atoms with E-state index in [2.05, 4.69) is 4.74 Å². The zero-order valence-corrected chi connectivity index (χ0v) is 11.0. The third kappa shape index (κ3) is 3.17. The summed E-state index contributed by atoms with van der Waals surface area (Å²) in [5.41, 5.74) is 6.56. The van der Waals surface area contributed by atoms with E-state index in [1.807, 2.05) is 0 Å². The van der Waals surface area contributed by atoms with Gasteiger partial charge >= 0.3 is 5.97 Å². The Kier molecular flexibility index (Phi) is 3.92. The van der Waals surface area contributed by atoms with Crippen LogP contribution in [0.15, 0.2) is 42.5 Å². The van der Waals surface area contributed by atoms with Crippen molar-refractivity contribution in [3.8, 4) is 11.5 Å². The van der Waals surface area contributed by atoms with Gasteiger partial charge in [0.25, 0.3) is 0 Å². The predicted octanol–water partition coefficient (Wildman–Crippen LogP) is 3.50. The van der Waals surface area contributed by atoms with Gasteiger partial charge in [-0.2, -0.15) is 0 Å². The minimum absolute atomic E-state index is 0.350. The average Bonchev–Trinajstić information content (AvgIpc) is 2.40. The number of nitrogens with two attached hydrogens (primary N) is 1. The van der Waals surface area contributed by atoms with Gasteiger partial charge in [-0.05, 0) is 36.4 Å². The highest BCUT2D eigenvalue weighted by atomic mass is 35.5. The summed E-state index contributed by atoms with van der Waals surface area (Å²) in [6.07, 6.45) is 0. The fourth-order valence-corrected chi connectivity index (χ4v) is 1.72. The zero-order chi connectivity index (χ0) is 13.8. The lowest BCUT2D eigenvalue weighted by molar-refractivity contribution is 0.0601. The van der Waals surface area contributed by atoms with Crippen LogP contribution < -0.4 is 10.5 Å². The lowest BCUT2D eigenvalue weighted by Gasteiger charge is -2.09. The van der Waals surface area contributed by atoms with E-state index in [0.717, 1.165) is 0 Å². The number of rotatable bonds is 3. The van der Waals surface area contributed by atoms with Gasteiger partial charge in [0.1, 0.15) is 11.5 Å². The molecule has 0 unspecified atom stereocenters. The molecular weight excluding hydrogens is 266 g/mol. The standard InChI is InChI=1S/C14H12ClNO3/c1-18-14(17)9-5-6-13(12(16)7-9)19-11-4-2-3-10(15)8-11/h2-8H,16H2,1H3. The number of esters is 1. The summed E-state index contributed by atoms with van der Waals surface area (Å²) in [5.74, 6) is 0.584. The molecule has 0 aliphatic rings. The smallest absolute Gasteiger partial charge is 0.337 e. The van der Waals surface area contributed by atoms with Crippen LogP contribution in [-0.2, 0) is 4.74 Å². The highest BCUT2D eigenvalue weighted by Crippen LogP contribution is 2.29. The number of halogens is 1. The molecule has 2 rings (SSSR count). The van der Waals surface area contributed by atoms with Gasteiger partial charge in [0.2, 0.25) is 0 Å². The first-order valence-electron chi connectivity index (χ1n) is 5.51. The second kappa shape index (κ2) is 5.63. The summed E-state index contributed by atoms with van der Waals surface area (Å²) in [5, 5.41) is 0.572. The Bertz CT molecular complexity index is 613. The lowest BCUT2D eigenvalue weighted by Crippen LogP contribution is -2.02. The molecule has 0 bridgehead atoms. The Morgan fingerprint density at radius 1 is 1.21 bits per heavy atom. The fraction of sp³-hybridized carbons (Fsp3) is 0.0714. The summed E-state index contributed by atoms with van der Waals surface area (Å²) in [4.78, 5) is 11.3. The van der Waals surface area contributed by atoms with Crippen molar-refractivity contribution in [1.29, 1.82) is 0 Å². The van der Waals surface area contributed by atoms with E-state index in [1.54, 1.807) is 36.4 Å². The summed E-state index contributed by atoms with van der Waals surface area (Å²) in [6, 6.07) is 11.7. The van der Waals surface area contributed by atoms with Crippen LogP contribution in [0.25, 0.3) is 0 Å². The van der Waals surface area contributed by atoms with E-state index in [9.17, 15) is 4.79 Å². The minimum Gasteiger partial charge on any atom is -0.465 e. The maximum absolute atomic E-state index is 11.3. The van der Waals surface area contributed by atoms with Crippen molar-refractivity contribution in [2.24, 2.45) is 0 Å². The van der Waals surface area contributed by atoms with Crippen LogP contribution in [0, 0.1) is 0 Å². The number of carbonyl (C=O) groups excluding carboxylic acids is 1. The second-order valence-corrected chi connectivity index (χ2v) is 4.24. The third-order valence-electron chi connectivity index (χ3n) is 2.45. The van der Waals surface area contributed by atoms with Crippen LogP contribution >= 0.6 is 11.6 Å². The Hall–Kier alpha value is -2.20. The fourth-order valence-electron chi connectivity index (χ4n) is 1.54. The summed E-state index contributed by atoms with van der Waals surface area (Å²) in [7, 11) is 1.31. The first-order valence-corrected chi connectivity index (χ1v) is 5.89. The van der Waals surface area contributed by atoms with Crippen LogP contribution in [0.1, 0.15) is 10.4 Å². The SMILES string of the molecule is COC(=O)c1ccc(Oc2cccc(Cl)c2)c(N)c1. The number of ether oxygens (including phenoxy) is 2. The molecule has 0 atom stereocenters. The van der Waals surface area contributed by atoms with Crippen molar-refractivity contribution in [3.63, 3.8) is 0 Å². The van der Waals surface area contributed by atoms with Crippen molar-refractivity contribution >= 4 is 23.3 Å². The molecule has 19 heavy (non-hydrogen) atoms. The average molecular weight is 278 g/mol. The molecular formula is C14H12ClNO3. The van der Waals surface area contributed by atoms with Crippen molar-refractivity contribution < 1.29 is 14.3 Å². The Morgan fingerprint density at radius 3 is 2.63 bits per heavy atom. The second-order valence-electron chi connectivity index (χ2n) is 3.80. The Balaban J connectivity index is 2.24. The van der Waals surface area contributed by atoms with E-state index in [1.165, 1.54) is 13.2 Å². The summed E-state index contributed by atoms with van der Waals surface area (Å²) in [6.45, 7) is 0. The largest absolute Gasteiger partial charge is 0.465 e. The van der Waals surface area contributed by atoms with Gasteiger partial charge in [-0.25, -0.2) is 4.79 Å². The molecule has 0 saturated carbocycles. The van der Waals surface area contributed by atoms with Crippen LogP contribution in [0.3, 0.4) is 0 Å². The maximum Gasteiger partial charge on any atom is 0.337 e. The molecule has 5 heteroatoms. The highest BCUT2D eigenvalue weighted by molar-refractivity contribution is 6.30. The molecule has 0 amide bonds. The van der Waals surface area contributed by atoms with Gasteiger partial charge in [0.15, 0.2) is 0 Å². The van der Waals surface area contributed by atoms with Crippen molar-refractivity contribution in [3.05, 3.63) is 53.1 Å². The van der Waals surface area contributed by atoms with Gasteiger partial charge in [-0.3, -0.25) is 0 Å². The molecule has 0 spiro atoms. The number of benzene rings is 2. The van der Waals surface area contributed by atoms with E-state index >= 15 is 0 Å². The van der Waals surface area contributed by atoms with E-state index in [0.29, 0.717) is 27.8 Å². The summed E-state index contributed by atoms with van der Waals surface area (Å²) < 4.78 is 10.2. The molecule has 4 nitrogen and oxygen atoms in total. The van der Waals surface area contributed by atoms with Crippen LogP contribution in [0.4, 0.5) is 5.69 Å². The number of anilines is 1. The van der Waals surface area contributed by atoms with Crippen molar-refractivity contribution in [2.45, 2.75) is 0 Å². The first-order chi connectivity index (χ1) is 9.10. The molecule has 0 aliphatic carbocycles. The van der Waals surface area contributed by atoms with E-state index in [-0.39, 0.29) is 0 Å². The molecule has 98 valence electrons. The lowest BCUT2D eigenvalue weighted by atomic mass is 10.2. The van der Waals surface area contributed by atoms with Gasteiger partial charge < -0.3 is 15.2 Å². The first kappa shape index (κ1) is 13.2. The number of carbonyl (C=O) groups is 1. The van der Waals surface area contributed by atoms with Gasteiger partial charge in [-0.1, -0.05) is 17.7 Å². The molecule has 0 aliphatic heterocycles. The van der Waals surface area contributed by atoms with Gasteiger partial charge in [-0.15, -0.1) is 0 Å². The van der Waals surface area contributed by atoms with E-state index < -0.39 is 5.97 Å². The molecule has 0 fully saturated rings. The monoisotopic (exact) mass is 277 g/mol. The molecule has 2 aromatic rings. The molecule has 0 heterocycles. The van der Waals surface area contributed by atoms with Crippen molar-refractivity contribution in [2.75, 3.05) is 12.8 Å². The molecule has 2 aromatic carbocycles.